The van der Waals surface area contributed by atoms with E-state index < -0.39 is 0 Å². The summed E-state index contributed by atoms with van der Waals surface area (Å²) in [5.74, 6) is 0.0160. The molecule has 1 fully saturated rings. The molecule has 0 aliphatic heterocycles. The van der Waals surface area contributed by atoms with Crippen LogP contribution in [0.2, 0.25) is 0 Å². The highest BCUT2D eigenvalue weighted by Gasteiger charge is 2.30. The van der Waals surface area contributed by atoms with Crippen LogP contribution in [0, 0.1) is 0 Å². The predicted octanol–water partition coefficient (Wildman–Crippen LogP) is 1.75. The number of carbonyl (C=O) groups excluding carboxylic acids is 1. The Labute approximate surface area is 95.7 Å². The summed E-state index contributed by atoms with van der Waals surface area (Å²) in [6.45, 7) is 2.87. The molecule has 16 heavy (non-hydrogen) atoms. The number of anilines is 1. The molecule has 86 valence electrons. The second-order valence-corrected chi connectivity index (χ2v) is 4.11. The Kier molecular flexibility index (Phi) is 3.08. The summed E-state index contributed by atoms with van der Waals surface area (Å²) in [7, 11) is 1.85. The van der Waals surface area contributed by atoms with Gasteiger partial charge in [-0.2, -0.15) is 0 Å². The number of nitrogens with one attached hydrogen (secondary N) is 1. The smallest absolute Gasteiger partial charge is 0.272 e. The van der Waals surface area contributed by atoms with Crippen LogP contribution in [0.4, 0.5) is 5.69 Å². The lowest BCUT2D eigenvalue weighted by molar-refractivity contribution is 0.0779. The van der Waals surface area contributed by atoms with Gasteiger partial charge in [0.05, 0.1) is 0 Å². The topological polar surface area (TPSA) is 45.2 Å². The van der Waals surface area contributed by atoms with Crippen LogP contribution in [0.3, 0.4) is 0 Å². The lowest BCUT2D eigenvalue weighted by Gasteiger charge is -2.15. The van der Waals surface area contributed by atoms with Crippen LogP contribution in [-0.2, 0) is 0 Å². The minimum Gasteiger partial charge on any atom is -0.385 e. The SMILES string of the molecule is CCNc1ccnc(C(=O)N(C)C2CC2)c1. The van der Waals surface area contributed by atoms with E-state index in [1.54, 1.807) is 11.1 Å². The van der Waals surface area contributed by atoms with Gasteiger partial charge in [0.15, 0.2) is 0 Å². The zero-order chi connectivity index (χ0) is 11.5. The van der Waals surface area contributed by atoms with Crippen molar-refractivity contribution < 1.29 is 4.79 Å². The molecule has 1 saturated carbocycles. The van der Waals surface area contributed by atoms with E-state index in [0.717, 1.165) is 25.1 Å². The Morgan fingerprint density at radius 1 is 1.62 bits per heavy atom. The average Bonchev–Trinajstić information content (AvgIpc) is 3.12. The molecule has 0 spiro atoms. The van der Waals surface area contributed by atoms with E-state index >= 15 is 0 Å². The van der Waals surface area contributed by atoms with Crippen molar-refractivity contribution in [1.82, 2.24) is 9.88 Å². The van der Waals surface area contributed by atoms with Crippen LogP contribution in [0.25, 0.3) is 0 Å². The maximum absolute atomic E-state index is 12.0. The number of amides is 1. The molecule has 1 aromatic heterocycles. The van der Waals surface area contributed by atoms with Gasteiger partial charge in [0.1, 0.15) is 5.69 Å². The van der Waals surface area contributed by atoms with Crippen LogP contribution in [0.5, 0.6) is 0 Å². The number of nitrogens with zero attached hydrogens (tertiary/aromatic N) is 2. The van der Waals surface area contributed by atoms with Crippen molar-refractivity contribution in [2.75, 3.05) is 18.9 Å². The third-order valence-corrected chi connectivity index (χ3v) is 2.77. The molecule has 1 aliphatic rings. The molecular weight excluding hydrogens is 202 g/mol. The molecule has 2 rings (SSSR count). The molecule has 1 aliphatic carbocycles. The highest BCUT2D eigenvalue weighted by atomic mass is 16.2. The number of pyridine rings is 1. The molecule has 0 radical (unpaired) electrons. The van der Waals surface area contributed by atoms with Crippen LogP contribution < -0.4 is 5.32 Å². The summed E-state index contributed by atoms with van der Waals surface area (Å²) >= 11 is 0. The van der Waals surface area contributed by atoms with Gasteiger partial charge in [-0.05, 0) is 31.9 Å². The maximum atomic E-state index is 12.0. The third-order valence-electron chi connectivity index (χ3n) is 2.77. The summed E-state index contributed by atoms with van der Waals surface area (Å²) in [4.78, 5) is 17.9. The Bertz CT molecular complexity index is 388. The molecule has 4 heteroatoms. The van der Waals surface area contributed by atoms with Gasteiger partial charge in [0.2, 0.25) is 0 Å². The molecule has 1 aromatic rings. The lowest BCUT2D eigenvalue weighted by Crippen LogP contribution is -2.29. The van der Waals surface area contributed by atoms with E-state index in [9.17, 15) is 4.79 Å². The summed E-state index contributed by atoms with van der Waals surface area (Å²) < 4.78 is 0. The van der Waals surface area contributed by atoms with Crippen molar-refractivity contribution in [3.63, 3.8) is 0 Å². The highest BCUT2D eigenvalue weighted by molar-refractivity contribution is 5.93. The molecule has 4 nitrogen and oxygen atoms in total. The minimum absolute atomic E-state index is 0.0160. The predicted molar refractivity (Wildman–Crippen MR) is 63.5 cm³/mol. The van der Waals surface area contributed by atoms with Gasteiger partial charge >= 0.3 is 0 Å². The van der Waals surface area contributed by atoms with Gasteiger partial charge in [-0.25, -0.2) is 0 Å². The van der Waals surface area contributed by atoms with E-state index in [1.807, 2.05) is 26.1 Å². The first-order chi connectivity index (χ1) is 7.72. The molecule has 0 saturated heterocycles. The lowest BCUT2D eigenvalue weighted by atomic mass is 10.3. The summed E-state index contributed by atoms with van der Waals surface area (Å²) in [6.07, 6.45) is 3.91. The highest BCUT2D eigenvalue weighted by Crippen LogP contribution is 2.26. The fourth-order valence-electron chi connectivity index (χ4n) is 1.67. The number of carbonyl (C=O) groups is 1. The van der Waals surface area contributed by atoms with Gasteiger partial charge in [0.25, 0.3) is 5.91 Å². The van der Waals surface area contributed by atoms with Gasteiger partial charge < -0.3 is 10.2 Å². The zero-order valence-corrected chi connectivity index (χ0v) is 9.73. The summed E-state index contributed by atoms with van der Waals surface area (Å²) in [6, 6.07) is 4.11. The summed E-state index contributed by atoms with van der Waals surface area (Å²) in [5, 5.41) is 3.18. The molecule has 1 N–H and O–H groups in total. The van der Waals surface area contributed by atoms with E-state index in [-0.39, 0.29) is 5.91 Å². The van der Waals surface area contributed by atoms with Crippen LogP contribution in [0.1, 0.15) is 30.3 Å². The van der Waals surface area contributed by atoms with Gasteiger partial charge in [-0.1, -0.05) is 0 Å². The Balaban J connectivity index is 2.12. The minimum atomic E-state index is 0.0160. The second-order valence-electron chi connectivity index (χ2n) is 4.11. The van der Waals surface area contributed by atoms with Crippen molar-refractivity contribution in [1.29, 1.82) is 0 Å². The summed E-state index contributed by atoms with van der Waals surface area (Å²) in [5.41, 5.74) is 1.47. The molecule has 0 bridgehead atoms. The first-order valence-electron chi connectivity index (χ1n) is 5.69. The number of hydrogen-bond donors (Lipinski definition) is 1. The first kappa shape index (κ1) is 10.9. The molecular formula is C12H17N3O. The molecule has 0 unspecified atom stereocenters. The van der Waals surface area contributed by atoms with E-state index in [1.165, 1.54) is 0 Å². The fourth-order valence-corrected chi connectivity index (χ4v) is 1.67. The van der Waals surface area contributed by atoms with E-state index in [2.05, 4.69) is 10.3 Å². The standard InChI is InChI=1S/C12H17N3O/c1-3-13-9-6-7-14-11(8-9)12(16)15(2)10-4-5-10/h6-8,10H,3-5H2,1-2H3,(H,13,14). The quantitative estimate of drug-likeness (QED) is 0.839. The number of rotatable bonds is 4. The monoisotopic (exact) mass is 219 g/mol. The van der Waals surface area contributed by atoms with Crippen molar-refractivity contribution in [3.05, 3.63) is 24.0 Å². The maximum Gasteiger partial charge on any atom is 0.272 e. The van der Waals surface area contributed by atoms with Crippen LogP contribution in [0.15, 0.2) is 18.3 Å². The van der Waals surface area contributed by atoms with Crippen LogP contribution in [-0.4, -0.2) is 35.4 Å². The van der Waals surface area contributed by atoms with Crippen molar-refractivity contribution in [3.8, 4) is 0 Å². The van der Waals surface area contributed by atoms with E-state index in [0.29, 0.717) is 11.7 Å². The first-order valence-corrected chi connectivity index (χ1v) is 5.69. The molecule has 0 atom stereocenters. The molecule has 1 amide bonds. The fraction of sp³-hybridized carbons (Fsp3) is 0.500. The van der Waals surface area contributed by atoms with E-state index in [4.69, 9.17) is 0 Å². The molecule has 0 aromatic carbocycles. The van der Waals surface area contributed by atoms with Crippen molar-refractivity contribution >= 4 is 11.6 Å². The second kappa shape index (κ2) is 4.51. The van der Waals surface area contributed by atoms with Crippen LogP contribution >= 0.6 is 0 Å². The zero-order valence-electron chi connectivity index (χ0n) is 9.73. The van der Waals surface area contributed by atoms with Gasteiger partial charge in [-0.15, -0.1) is 0 Å². The Morgan fingerprint density at radius 3 is 3.00 bits per heavy atom. The van der Waals surface area contributed by atoms with Crippen molar-refractivity contribution in [2.45, 2.75) is 25.8 Å². The normalized spacial score (nSPS) is 14.6. The third kappa shape index (κ3) is 2.32. The number of aromatic nitrogens is 1. The average molecular weight is 219 g/mol. The van der Waals surface area contributed by atoms with Gasteiger partial charge in [0, 0.05) is 31.5 Å². The molecule has 1 heterocycles. The largest absolute Gasteiger partial charge is 0.385 e. The van der Waals surface area contributed by atoms with Gasteiger partial charge in [-0.3, -0.25) is 9.78 Å². The Morgan fingerprint density at radius 2 is 2.38 bits per heavy atom. The number of hydrogen-bond acceptors (Lipinski definition) is 3. The Hall–Kier alpha value is -1.58. The van der Waals surface area contributed by atoms with Crippen molar-refractivity contribution in [2.24, 2.45) is 0 Å².